The van der Waals surface area contributed by atoms with Crippen LogP contribution in [0.1, 0.15) is 25.8 Å². The summed E-state index contributed by atoms with van der Waals surface area (Å²) in [6.07, 6.45) is -0.615. The molecular formula is C12H14O4. The second-order valence-corrected chi connectivity index (χ2v) is 3.92. The van der Waals surface area contributed by atoms with Crippen LogP contribution < -0.4 is 0 Å². The van der Waals surface area contributed by atoms with Gasteiger partial charge >= 0.3 is 11.9 Å². The Balaban J connectivity index is 2.72. The van der Waals surface area contributed by atoms with Gasteiger partial charge < -0.3 is 9.84 Å². The normalized spacial score (nSPS) is 10.9. The van der Waals surface area contributed by atoms with Crippen LogP contribution in [0.4, 0.5) is 0 Å². The maximum Gasteiger partial charge on any atom is 0.318 e. The Morgan fingerprint density at radius 1 is 1.25 bits per heavy atom. The number of carbonyl (C=O) groups is 2. The van der Waals surface area contributed by atoms with Crippen LogP contribution in [0.25, 0.3) is 0 Å². The highest BCUT2D eigenvalue weighted by Crippen LogP contribution is 2.24. The molecule has 1 aromatic carbocycles. The van der Waals surface area contributed by atoms with Gasteiger partial charge in [0.25, 0.3) is 0 Å². The van der Waals surface area contributed by atoms with Crippen molar-refractivity contribution in [3.8, 4) is 0 Å². The molecule has 0 radical (unpaired) electrons. The minimum absolute atomic E-state index is 0.615. The Morgan fingerprint density at radius 2 is 1.81 bits per heavy atom. The zero-order valence-corrected chi connectivity index (χ0v) is 9.27. The molecule has 1 N–H and O–H groups in total. The van der Waals surface area contributed by atoms with Crippen LogP contribution in [-0.4, -0.2) is 17.0 Å². The molecule has 0 saturated carbocycles. The zero-order valence-electron chi connectivity index (χ0n) is 9.27. The van der Waals surface area contributed by atoms with E-state index in [-0.39, 0.29) is 0 Å². The first-order valence-electron chi connectivity index (χ1n) is 4.91. The second-order valence-electron chi connectivity index (χ2n) is 3.92. The molecule has 0 atom stereocenters. The predicted molar refractivity (Wildman–Crippen MR) is 57.8 cm³/mol. The lowest BCUT2D eigenvalue weighted by Gasteiger charge is -2.25. The molecule has 0 spiro atoms. The lowest BCUT2D eigenvalue weighted by molar-refractivity contribution is -0.161. The van der Waals surface area contributed by atoms with Crippen LogP contribution in [-0.2, 0) is 19.9 Å². The van der Waals surface area contributed by atoms with Crippen LogP contribution in [0.5, 0.6) is 0 Å². The first kappa shape index (κ1) is 12.2. The summed E-state index contributed by atoms with van der Waals surface area (Å²) in [6.45, 7) is 3.45. The third-order valence-corrected chi connectivity index (χ3v) is 2.13. The minimum atomic E-state index is -1.19. The van der Waals surface area contributed by atoms with Crippen molar-refractivity contribution in [1.82, 2.24) is 0 Å². The van der Waals surface area contributed by atoms with Gasteiger partial charge in [-0.1, -0.05) is 30.3 Å². The lowest BCUT2D eigenvalue weighted by Crippen LogP contribution is -2.26. The van der Waals surface area contributed by atoms with Crippen LogP contribution in [0.15, 0.2) is 30.3 Å². The summed E-state index contributed by atoms with van der Waals surface area (Å²) < 4.78 is 5.11. The lowest BCUT2D eigenvalue weighted by atomic mass is 9.98. The fourth-order valence-electron chi connectivity index (χ4n) is 1.34. The minimum Gasteiger partial charge on any atom is -0.481 e. The highest BCUT2D eigenvalue weighted by molar-refractivity contribution is 5.90. The van der Waals surface area contributed by atoms with Gasteiger partial charge in [-0.3, -0.25) is 9.59 Å². The summed E-state index contributed by atoms with van der Waals surface area (Å²) in [5.41, 5.74) is 0.0158. The number of aliphatic carboxylic acids is 1. The van der Waals surface area contributed by atoms with Gasteiger partial charge in [0.15, 0.2) is 0 Å². The molecule has 1 rings (SSSR count). The number of hydrogen-bond acceptors (Lipinski definition) is 3. The van der Waals surface area contributed by atoms with E-state index in [4.69, 9.17) is 9.84 Å². The van der Waals surface area contributed by atoms with E-state index in [1.807, 2.05) is 30.3 Å². The van der Waals surface area contributed by atoms with E-state index >= 15 is 0 Å². The van der Waals surface area contributed by atoms with Gasteiger partial charge in [-0.2, -0.15) is 0 Å². The van der Waals surface area contributed by atoms with E-state index < -0.39 is 24.0 Å². The van der Waals surface area contributed by atoms with Crippen molar-refractivity contribution >= 4 is 11.9 Å². The molecule has 86 valence electrons. The third kappa shape index (κ3) is 3.38. The van der Waals surface area contributed by atoms with Gasteiger partial charge in [0.05, 0.1) is 0 Å². The summed E-state index contributed by atoms with van der Waals surface area (Å²) in [6, 6.07) is 9.19. The molecule has 0 saturated heterocycles. The van der Waals surface area contributed by atoms with E-state index in [1.165, 1.54) is 0 Å². The Labute approximate surface area is 93.9 Å². The first-order chi connectivity index (χ1) is 7.42. The van der Waals surface area contributed by atoms with Crippen molar-refractivity contribution in [2.24, 2.45) is 0 Å². The second kappa shape index (κ2) is 4.79. The number of esters is 1. The smallest absolute Gasteiger partial charge is 0.318 e. The summed E-state index contributed by atoms with van der Waals surface area (Å²) >= 11 is 0. The van der Waals surface area contributed by atoms with E-state index in [0.717, 1.165) is 5.56 Å². The quantitative estimate of drug-likeness (QED) is 0.624. The number of ether oxygens (including phenoxy) is 1. The Hall–Kier alpha value is -1.84. The molecule has 0 aliphatic heterocycles. The molecule has 1 aromatic rings. The van der Waals surface area contributed by atoms with Crippen molar-refractivity contribution in [3.05, 3.63) is 35.9 Å². The van der Waals surface area contributed by atoms with Crippen molar-refractivity contribution in [2.45, 2.75) is 25.9 Å². The summed E-state index contributed by atoms with van der Waals surface area (Å²) in [4.78, 5) is 21.6. The number of carbonyl (C=O) groups excluding carboxylic acids is 1. The van der Waals surface area contributed by atoms with Crippen molar-refractivity contribution < 1.29 is 19.4 Å². The Morgan fingerprint density at radius 3 is 2.31 bits per heavy atom. The van der Waals surface area contributed by atoms with Crippen molar-refractivity contribution in [1.29, 1.82) is 0 Å². The van der Waals surface area contributed by atoms with E-state index in [1.54, 1.807) is 13.8 Å². The average molecular weight is 222 g/mol. The van der Waals surface area contributed by atoms with Gasteiger partial charge in [0.2, 0.25) is 0 Å². The molecule has 0 heterocycles. The molecule has 0 amide bonds. The SMILES string of the molecule is CC(C)(OC(=O)CC(=O)O)c1ccccc1. The topological polar surface area (TPSA) is 63.6 Å². The zero-order chi connectivity index (χ0) is 12.2. The molecule has 0 aliphatic carbocycles. The monoisotopic (exact) mass is 222 g/mol. The maximum atomic E-state index is 11.2. The third-order valence-electron chi connectivity index (χ3n) is 2.13. The molecular weight excluding hydrogens is 208 g/mol. The van der Waals surface area contributed by atoms with Gasteiger partial charge in [-0.25, -0.2) is 0 Å². The highest BCUT2D eigenvalue weighted by Gasteiger charge is 2.25. The molecule has 16 heavy (non-hydrogen) atoms. The Kier molecular flexibility index (Phi) is 3.66. The molecule has 0 aromatic heterocycles. The number of carboxylic acid groups (broad SMARTS) is 1. The standard InChI is InChI=1S/C12H14O4/c1-12(2,9-6-4-3-5-7-9)16-11(15)8-10(13)14/h3-7H,8H2,1-2H3,(H,13,14). The number of rotatable bonds is 4. The summed E-state index contributed by atoms with van der Waals surface area (Å²) in [5.74, 6) is -1.92. The van der Waals surface area contributed by atoms with Crippen LogP contribution in [0.2, 0.25) is 0 Å². The molecule has 4 heteroatoms. The van der Waals surface area contributed by atoms with Gasteiger partial charge in [0.1, 0.15) is 12.0 Å². The predicted octanol–water partition coefficient (Wildman–Crippen LogP) is 1.94. The van der Waals surface area contributed by atoms with Crippen molar-refractivity contribution in [3.63, 3.8) is 0 Å². The van der Waals surface area contributed by atoms with Gasteiger partial charge in [0, 0.05) is 0 Å². The largest absolute Gasteiger partial charge is 0.481 e. The van der Waals surface area contributed by atoms with Crippen LogP contribution >= 0.6 is 0 Å². The fraction of sp³-hybridized carbons (Fsp3) is 0.333. The van der Waals surface area contributed by atoms with Crippen molar-refractivity contribution in [2.75, 3.05) is 0 Å². The van der Waals surface area contributed by atoms with E-state index in [9.17, 15) is 9.59 Å². The van der Waals surface area contributed by atoms with E-state index in [2.05, 4.69) is 0 Å². The molecule has 4 nitrogen and oxygen atoms in total. The number of benzene rings is 1. The summed E-state index contributed by atoms with van der Waals surface area (Å²) in [7, 11) is 0. The number of hydrogen-bond donors (Lipinski definition) is 1. The van der Waals surface area contributed by atoms with Gasteiger partial charge in [-0.15, -0.1) is 0 Å². The first-order valence-corrected chi connectivity index (χ1v) is 4.91. The highest BCUT2D eigenvalue weighted by atomic mass is 16.6. The molecule has 0 unspecified atom stereocenters. The average Bonchev–Trinajstić information content (AvgIpc) is 2.16. The fourth-order valence-corrected chi connectivity index (χ4v) is 1.34. The van der Waals surface area contributed by atoms with Crippen LogP contribution in [0, 0.1) is 0 Å². The molecule has 0 fully saturated rings. The molecule has 0 bridgehead atoms. The molecule has 0 aliphatic rings. The summed E-state index contributed by atoms with van der Waals surface area (Å²) in [5, 5.41) is 8.45. The Bertz CT molecular complexity index is 381. The van der Waals surface area contributed by atoms with Crippen LogP contribution in [0.3, 0.4) is 0 Å². The number of carboxylic acids is 1. The van der Waals surface area contributed by atoms with Gasteiger partial charge in [-0.05, 0) is 19.4 Å². The van der Waals surface area contributed by atoms with E-state index in [0.29, 0.717) is 0 Å². The maximum absolute atomic E-state index is 11.2.